The fraction of sp³-hybridized carbons (Fsp3) is 0.462. The highest BCUT2D eigenvalue weighted by atomic mass is 16.5. The maximum Gasteiger partial charge on any atom is 0.0594 e. The van der Waals surface area contributed by atoms with Gasteiger partial charge in [-0.1, -0.05) is 48.5 Å². The first-order valence-electron chi connectivity index (χ1n) is 11.8. The lowest BCUT2D eigenvalue weighted by Crippen LogP contribution is -2.49. The SMILES string of the molecule is c1ccc(-c2[nH]c3ccccc3c2CCN2CCN(CCN3CCOCC3)CC2)cc1. The van der Waals surface area contributed by atoms with Gasteiger partial charge in [0.05, 0.1) is 13.2 Å². The molecule has 5 rings (SSSR count). The molecule has 3 heterocycles. The molecule has 2 aromatic carbocycles. The molecule has 2 aliphatic heterocycles. The Kier molecular flexibility index (Phi) is 6.65. The lowest BCUT2D eigenvalue weighted by Gasteiger charge is -2.36. The van der Waals surface area contributed by atoms with E-state index in [0.29, 0.717) is 0 Å². The molecular weight excluding hydrogens is 384 g/mol. The number of hydrogen-bond acceptors (Lipinski definition) is 4. The molecule has 164 valence electrons. The topological polar surface area (TPSA) is 34.7 Å². The van der Waals surface area contributed by atoms with Gasteiger partial charge in [-0.2, -0.15) is 0 Å². The highest BCUT2D eigenvalue weighted by Gasteiger charge is 2.20. The van der Waals surface area contributed by atoms with Crippen molar-refractivity contribution in [1.29, 1.82) is 0 Å². The van der Waals surface area contributed by atoms with Crippen LogP contribution >= 0.6 is 0 Å². The van der Waals surface area contributed by atoms with Crippen molar-refractivity contribution in [2.45, 2.75) is 6.42 Å². The zero-order chi connectivity index (χ0) is 20.9. The first-order valence-corrected chi connectivity index (χ1v) is 11.8. The first-order chi connectivity index (χ1) is 15.4. The Bertz CT molecular complexity index is 956. The van der Waals surface area contributed by atoms with Crippen LogP contribution in [0.5, 0.6) is 0 Å². The van der Waals surface area contributed by atoms with Crippen LogP contribution in [0.2, 0.25) is 0 Å². The molecule has 3 aromatic rings. The summed E-state index contributed by atoms with van der Waals surface area (Å²) < 4.78 is 5.46. The molecule has 0 spiro atoms. The van der Waals surface area contributed by atoms with Gasteiger partial charge in [0.2, 0.25) is 0 Å². The summed E-state index contributed by atoms with van der Waals surface area (Å²) in [7, 11) is 0. The highest BCUT2D eigenvalue weighted by molar-refractivity contribution is 5.90. The molecule has 1 aromatic heterocycles. The number of piperazine rings is 1. The van der Waals surface area contributed by atoms with E-state index in [9.17, 15) is 0 Å². The molecule has 5 nitrogen and oxygen atoms in total. The Hall–Kier alpha value is -2.18. The van der Waals surface area contributed by atoms with Crippen molar-refractivity contribution >= 4 is 10.9 Å². The van der Waals surface area contributed by atoms with E-state index in [1.165, 1.54) is 67.0 Å². The van der Waals surface area contributed by atoms with Gasteiger partial charge in [0.15, 0.2) is 0 Å². The number of benzene rings is 2. The summed E-state index contributed by atoms with van der Waals surface area (Å²) in [6, 6.07) is 19.5. The monoisotopic (exact) mass is 418 g/mol. The van der Waals surface area contributed by atoms with Gasteiger partial charge in [0.1, 0.15) is 0 Å². The summed E-state index contributed by atoms with van der Waals surface area (Å²) in [5.74, 6) is 0. The van der Waals surface area contributed by atoms with Crippen LogP contribution in [-0.4, -0.2) is 91.8 Å². The third-order valence-corrected chi connectivity index (χ3v) is 6.86. The molecule has 2 fully saturated rings. The van der Waals surface area contributed by atoms with Gasteiger partial charge in [-0.05, 0) is 23.6 Å². The van der Waals surface area contributed by atoms with Crippen LogP contribution in [0.15, 0.2) is 54.6 Å². The van der Waals surface area contributed by atoms with E-state index < -0.39 is 0 Å². The minimum atomic E-state index is 0.895. The minimum Gasteiger partial charge on any atom is -0.379 e. The van der Waals surface area contributed by atoms with E-state index in [1.807, 2.05) is 0 Å². The molecule has 0 amide bonds. The van der Waals surface area contributed by atoms with E-state index in [4.69, 9.17) is 4.74 Å². The molecule has 2 saturated heterocycles. The van der Waals surface area contributed by atoms with Crippen LogP contribution in [-0.2, 0) is 11.2 Å². The second-order valence-corrected chi connectivity index (χ2v) is 8.78. The number of morpholine rings is 1. The van der Waals surface area contributed by atoms with E-state index >= 15 is 0 Å². The average Bonchev–Trinajstić information content (AvgIpc) is 3.22. The van der Waals surface area contributed by atoms with E-state index in [1.54, 1.807) is 0 Å². The Balaban J connectivity index is 1.18. The van der Waals surface area contributed by atoms with Crippen LogP contribution in [0.25, 0.3) is 22.2 Å². The number of hydrogen-bond donors (Lipinski definition) is 1. The zero-order valence-corrected chi connectivity index (χ0v) is 18.4. The maximum atomic E-state index is 5.46. The number of ether oxygens (including phenoxy) is 1. The molecule has 2 aliphatic rings. The molecule has 0 aliphatic carbocycles. The van der Waals surface area contributed by atoms with Crippen LogP contribution < -0.4 is 0 Å². The summed E-state index contributed by atoms with van der Waals surface area (Å²) in [5.41, 5.74) is 5.26. The van der Waals surface area contributed by atoms with Crippen LogP contribution in [0.1, 0.15) is 5.56 Å². The predicted molar refractivity (Wildman–Crippen MR) is 128 cm³/mol. The number of para-hydroxylation sites is 1. The number of rotatable bonds is 7. The Labute approximate surface area is 185 Å². The molecule has 1 N–H and O–H groups in total. The fourth-order valence-corrected chi connectivity index (χ4v) is 4.92. The summed E-state index contributed by atoms with van der Waals surface area (Å²) in [6.07, 6.45) is 1.09. The van der Waals surface area contributed by atoms with Crippen molar-refractivity contribution in [2.75, 3.05) is 72.1 Å². The van der Waals surface area contributed by atoms with E-state index in [-0.39, 0.29) is 0 Å². The van der Waals surface area contributed by atoms with E-state index in [2.05, 4.69) is 74.3 Å². The number of fused-ring (bicyclic) bond motifs is 1. The normalized spacial score (nSPS) is 19.2. The molecular formula is C26H34N4O. The van der Waals surface area contributed by atoms with Gasteiger partial charge in [0, 0.05) is 75.5 Å². The van der Waals surface area contributed by atoms with Gasteiger partial charge >= 0.3 is 0 Å². The standard InChI is InChI=1S/C26H34N4O/c1-2-6-22(7-3-1)26-24(23-8-4-5-9-25(23)27-26)10-11-28-12-14-29(15-13-28)16-17-30-18-20-31-21-19-30/h1-9,27H,10-21H2. The van der Waals surface area contributed by atoms with Gasteiger partial charge in [-0.25, -0.2) is 0 Å². The van der Waals surface area contributed by atoms with Gasteiger partial charge in [0.25, 0.3) is 0 Å². The zero-order valence-electron chi connectivity index (χ0n) is 18.4. The molecule has 0 radical (unpaired) electrons. The summed E-state index contributed by atoms with van der Waals surface area (Å²) >= 11 is 0. The lowest BCUT2D eigenvalue weighted by atomic mass is 10.0. The average molecular weight is 419 g/mol. The van der Waals surface area contributed by atoms with Gasteiger partial charge < -0.3 is 14.6 Å². The van der Waals surface area contributed by atoms with Crippen LogP contribution in [0.3, 0.4) is 0 Å². The van der Waals surface area contributed by atoms with Crippen LogP contribution in [0.4, 0.5) is 0 Å². The third-order valence-electron chi connectivity index (χ3n) is 6.86. The van der Waals surface area contributed by atoms with Crippen molar-refractivity contribution in [3.05, 3.63) is 60.2 Å². The Morgan fingerprint density at radius 2 is 1.29 bits per heavy atom. The number of H-pyrrole nitrogens is 1. The molecule has 0 bridgehead atoms. The fourth-order valence-electron chi connectivity index (χ4n) is 4.92. The second kappa shape index (κ2) is 9.96. The van der Waals surface area contributed by atoms with Crippen LogP contribution in [0, 0.1) is 0 Å². The van der Waals surface area contributed by atoms with Crippen molar-refractivity contribution in [1.82, 2.24) is 19.7 Å². The maximum absolute atomic E-state index is 5.46. The number of nitrogens with zero attached hydrogens (tertiary/aromatic N) is 3. The Morgan fingerprint density at radius 3 is 2.03 bits per heavy atom. The number of nitrogens with one attached hydrogen (secondary N) is 1. The molecule has 31 heavy (non-hydrogen) atoms. The molecule has 0 atom stereocenters. The molecule has 0 unspecified atom stereocenters. The first kappa shape index (κ1) is 20.7. The number of aromatic amines is 1. The largest absolute Gasteiger partial charge is 0.379 e. The Morgan fingerprint density at radius 1 is 0.677 bits per heavy atom. The van der Waals surface area contributed by atoms with Crippen molar-refractivity contribution in [2.24, 2.45) is 0 Å². The summed E-state index contributed by atoms with van der Waals surface area (Å²) in [5, 5.41) is 1.37. The van der Waals surface area contributed by atoms with Gasteiger partial charge in [-0.15, -0.1) is 0 Å². The number of aromatic nitrogens is 1. The smallest absolute Gasteiger partial charge is 0.0594 e. The predicted octanol–water partition coefficient (Wildman–Crippen LogP) is 3.33. The minimum absolute atomic E-state index is 0.895. The molecule has 5 heteroatoms. The quantitative estimate of drug-likeness (QED) is 0.638. The highest BCUT2D eigenvalue weighted by Crippen LogP contribution is 2.30. The lowest BCUT2D eigenvalue weighted by molar-refractivity contribution is 0.0300. The second-order valence-electron chi connectivity index (χ2n) is 8.78. The summed E-state index contributed by atoms with van der Waals surface area (Å²) in [6.45, 7) is 12.2. The summed E-state index contributed by atoms with van der Waals surface area (Å²) in [4.78, 5) is 11.5. The van der Waals surface area contributed by atoms with Crippen molar-refractivity contribution < 1.29 is 4.74 Å². The van der Waals surface area contributed by atoms with Crippen molar-refractivity contribution in [3.63, 3.8) is 0 Å². The molecule has 0 saturated carbocycles. The van der Waals surface area contributed by atoms with Crippen molar-refractivity contribution in [3.8, 4) is 11.3 Å². The third kappa shape index (κ3) is 5.01. The van der Waals surface area contributed by atoms with E-state index in [0.717, 1.165) is 39.3 Å². The van der Waals surface area contributed by atoms with Gasteiger partial charge in [-0.3, -0.25) is 9.80 Å².